The molecule has 0 spiro atoms. The normalized spacial score (nSPS) is 15.9. The molecule has 3 N–H and O–H groups in total. The summed E-state index contributed by atoms with van der Waals surface area (Å²) in [6.07, 6.45) is 1.44. The van der Waals surface area contributed by atoms with Gasteiger partial charge in [0, 0.05) is 6.20 Å². The molecule has 1 fully saturated rings. The third-order valence-corrected chi connectivity index (χ3v) is 5.36. The number of carbonyl (C=O) groups is 1. The predicted octanol–water partition coefficient (Wildman–Crippen LogP) is -0.146. The molecule has 124 valence electrons. The Hall–Kier alpha value is -2.45. The molecular formula is C16H18N5O2S+. The first kappa shape index (κ1) is 15.1. The van der Waals surface area contributed by atoms with E-state index in [2.05, 4.69) is 21.0 Å². The van der Waals surface area contributed by atoms with Gasteiger partial charge in [0.2, 0.25) is 0 Å². The Kier molecular flexibility index (Phi) is 3.91. The van der Waals surface area contributed by atoms with Crippen LogP contribution >= 0.6 is 11.3 Å². The molecular weight excluding hydrogens is 326 g/mol. The summed E-state index contributed by atoms with van der Waals surface area (Å²) in [6.45, 7) is 4.04. The van der Waals surface area contributed by atoms with E-state index in [-0.39, 0.29) is 11.6 Å². The highest BCUT2D eigenvalue weighted by molar-refractivity contribution is 7.18. The Morgan fingerprint density at radius 1 is 1.29 bits per heavy atom. The number of hydrogen-bond donors (Lipinski definition) is 3. The van der Waals surface area contributed by atoms with Crippen LogP contribution in [-0.2, 0) is 6.54 Å². The summed E-state index contributed by atoms with van der Waals surface area (Å²) < 4.78 is 1.22. The van der Waals surface area contributed by atoms with Crippen molar-refractivity contribution in [2.45, 2.75) is 6.54 Å². The highest BCUT2D eigenvalue weighted by Gasteiger charge is 2.26. The fourth-order valence-electron chi connectivity index (χ4n) is 3.03. The van der Waals surface area contributed by atoms with E-state index < -0.39 is 0 Å². The van der Waals surface area contributed by atoms with Gasteiger partial charge in [-0.2, -0.15) is 0 Å². The summed E-state index contributed by atoms with van der Waals surface area (Å²) in [6, 6.07) is 8.18. The van der Waals surface area contributed by atoms with Crippen LogP contribution in [0.15, 0.2) is 35.3 Å². The fraction of sp³-hybridized carbons (Fsp3) is 0.312. The van der Waals surface area contributed by atoms with Crippen molar-refractivity contribution in [1.29, 1.82) is 0 Å². The lowest BCUT2D eigenvalue weighted by Crippen LogP contribution is -3.13. The van der Waals surface area contributed by atoms with Gasteiger partial charge in [0.25, 0.3) is 5.91 Å². The number of nitrogens with zero attached hydrogens (tertiary/aromatic N) is 2. The Morgan fingerprint density at radius 3 is 2.79 bits per heavy atom. The number of H-pyrrole nitrogens is 2. The van der Waals surface area contributed by atoms with Crippen LogP contribution in [0.25, 0.3) is 10.2 Å². The number of amides is 1. The summed E-state index contributed by atoms with van der Waals surface area (Å²) in [7, 11) is 0. The minimum Gasteiger partial charge on any atom is -0.326 e. The van der Waals surface area contributed by atoms with E-state index in [1.54, 1.807) is 16.2 Å². The molecule has 3 heterocycles. The number of benzene rings is 1. The van der Waals surface area contributed by atoms with Crippen LogP contribution in [0.5, 0.6) is 0 Å². The molecule has 1 aromatic carbocycles. The van der Waals surface area contributed by atoms with E-state index in [0.717, 1.165) is 30.2 Å². The van der Waals surface area contributed by atoms with Gasteiger partial charge in [-0.25, -0.2) is 9.78 Å². The number of aromatic amines is 2. The number of imidazole rings is 1. The lowest BCUT2D eigenvalue weighted by atomic mass is 10.3. The van der Waals surface area contributed by atoms with E-state index in [1.165, 1.54) is 15.8 Å². The van der Waals surface area contributed by atoms with Crippen molar-refractivity contribution in [2.75, 3.05) is 26.2 Å². The standard InChI is InChI=1S/C16H17N5O2S/c22-15(12-9-17-16(23)19-12)21-7-5-20(6-8-21)10-14-18-11-3-1-2-4-13(11)24-14/h1-4,9H,5-8,10H2,(H2,17,19,23)/p+1. The van der Waals surface area contributed by atoms with Crippen LogP contribution < -0.4 is 10.6 Å². The fourth-order valence-corrected chi connectivity index (χ4v) is 4.07. The Bertz CT molecular complexity index is 887. The third-order valence-electron chi connectivity index (χ3n) is 4.32. The van der Waals surface area contributed by atoms with Gasteiger partial charge in [0.15, 0.2) is 0 Å². The van der Waals surface area contributed by atoms with Crippen LogP contribution in [0.3, 0.4) is 0 Å². The SMILES string of the molecule is O=C(c1c[nH]c(=O)[nH]1)N1CC[NH+](Cc2nc3ccccc3s2)CC1. The quantitative estimate of drug-likeness (QED) is 0.618. The second-order valence-corrected chi connectivity index (χ2v) is 7.07. The van der Waals surface area contributed by atoms with Gasteiger partial charge < -0.3 is 19.8 Å². The number of carbonyl (C=O) groups excluding carboxylic acids is 1. The van der Waals surface area contributed by atoms with Gasteiger partial charge in [0.05, 0.1) is 36.4 Å². The lowest BCUT2D eigenvalue weighted by molar-refractivity contribution is -0.917. The zero-order chi connectivity index (χ0) is 16.5. The van der Waals surface area contributed by atoms with E-state index in [1.807, 2.05) is 18.2 Å². The summed E-state index contributed by atoms with van der Waals surface area (Å²) in [5.41, 5.74) is 1.04. The first-order valence-corrected chi connectivity index (χ1v) is 8.76. The highest BCUT2D eigenvalue weighted by atomic mass is 32.1. The number of thiazole rings is 1. The zero-order valence-electron chi connectivity index (χ0n) is 13.0. The van der Waals surface area contributed by atoms with Crippen LogP contribution in [0.4, 0.5) is 0 Å². The van der Waals surface area contributed by atoms with Crippen LogP contribution in [-0.4, -0.2) is 51.9 Å². The van der Waals surface area contributed by atoms with Crippen molar-refractivity contribution in [3.8, 4) is 0 Å². The van der Waals surface area contributed by atoms with E-state index >= 15 is 0 Å². The average Bonchev–Trinajstić information content (AvgIpc) is 3.20. The summed E-state index contributed by atoms with van der Waals surface area (Å²) >= 11 is 1.74. The molecule has 24 heavy (non-hydrogen) atoms. The Balaban J connectivity index is 1.37. The molecule has 4 rings (SSSR count). The van der Waals surface area contributed by atoms with Crippen LogP contribution in [0, 0.1) is 0 Å². The van der Waals surface area contributed by atoms with Gasteiger partial charge in [-0.15, -0.1) is 11.3 Å². The second-order valence-electron chi connectivity index (χ2n) is 5.95. The third kappa shape index (κ3) is 2.98. The van der Waals surface area contributed by atoms with Crippen LogP contribution in [0.1, 0.15) is 15.5 Å². The largest absolute Gasteiger partial charge is 0.326 e. The van der Waals surface area contributed by atoms with Crippen molar-refractivity contribution in [2.24, 2.45) is 0 Å². The minimum absolute atomic E-state index is 0.118. The second kappa shape index (κ2) is 6.21. The molecule has 7 nitrogen and oxygen atoms in total. The first-order chi connectivity index (χ1) is 11.7. The summed E-state index contributed by atoms with van der Waals surface area (Å²) in [5, 5.41) is 1.14. The number of piperazine rings is 1. The van der Waals surface area contributed by atoms with Gasteiger partial charge in [-0.3, -0.25) is 4.79 Å². The maximum atomic E-state index is 12.3. The molecule has 0 bridgehead atoms. The van der Waals surface area contributed by atoms with Crippen LogP contribution in [0.2, 0.25) is 0 Å². The molecule has 0 unspecified atom stereocenters. The van der Waals surface area contributed by atoms with Crippen molar-refractivity contribution in [3.63, 3.8) is 0 Å². The molecule has 3 aromatic rings. The summed E-state index contributed by atoms with van der Waals surface area (Å²) in [5.74, 6) is -0.118. The van der Waals surface area contributed by atoms with Crippen molar-refractivity contribution in [3.05, 3.63) is 51.6 Å². The van der Waals surface area contributed by atoms with Gasteiger partial charge in [-0.1, -0.05) is 12.1 Å². The first-order valence-electron chi connectivity index (χ1n) is 7.94. The molecule has 2 aromatic heterocycles. The van der Waals surface area contributed by atoms with E-state index in [0.29, 0.717) is 18.8 Å². The number of para-hydroxylation sites is 1. The molecule has 0 radical (unpaired) electrons. The molecule has 0 atom stereocenters. The van der Waals surface area contributed by atoms with E-state index in [9.17, 15) is 9.59 Å². The van der Waals surface area contributed by atoms with Gasteiger partial charge >= 0.3 is 5.69 Å². The molecule has 1 amide bonds. The predicted molar refractivity (Wildman–Crippen MR) is 91.3 cm³/mol. The molecule has 8 heteroatoms. The molecule has 0 aliphatic carbocycles. The molecule has 1 saturated heterocycles. The lowest BCUT2D eigenvalue weighted by Gasteiger charge is -2.31. The number of aromatic nitrogens is 3. The maximum absolute atomic E-state index is 12.3. The van der Waals surface area contributed by atoms with Gasteiger partial charge in [0.1, 0.15) is 17.2 Å². The number of nitrogens with one attached hydrogen (secondary N) is 3. The number of rotatable bonds is 3. The van der Waals surface area contributed by atoms with Gasteiger partial charge in [-0.05, 0) is 12.1 Å². The smallest absolute Gasteiger partial charge is 0.323 e. The monoisotopic (exact) mass is 344 g/mol. The summed E-state index contributed by atoms with van der Waals surface area (Å²) in [4.78, 5) is 36.3. The average molecular weight is 344 g/mol. The number of fused-ring (bicyclic) bond motifs is 1. The van der Waals surface area contributed by atoms with E-state index in [4.69, 9.17) is 0 Å². The number of hydrogen-bond acceptors (Lipinski definition) is 4. The minimum atomic E-state index is -0.349. The zero-order valence-corrected chi connectivity index (χ0v) is 13.9. The Labute approximate surface area is 141 Å². The maximum Gasteiger partial charge on any atom is 0.323 e. The Morgan fingerprint density at radius 2 is 2.08 bits per heavy atom. The highest BCUT2D eigenvalue weighted by Crippen LogP contribution is 2.20. The van der Waals surface area contributed by atoms with Crippen molar-refractivity contribution >= 4 is 27.5 Å². The molecule has 1 aliphatic heterocycles. The topological polar surface area (TPSA) is 86.3 Å². The van der Waals surface area contributed by atoms with Crippen molar-refractivity contribution < 1.29 is 9.69 Å². The molecule has 0 saturated carbocycles. The van der Waals surface area contributed by atoms with Crippen molar-refractivity contribution in [1.82, 2.24) is 19.9 Å². The molecule has 1 aliphatic rings. The number of quaternary nitrogens is 1.